The minimum atomic E-state index is -0.00396. The summed E-state index contributed by atoms with van der Waals surface area (Å²) in [6.45, 7) is 4.66. The Morgan fingerprint density at radius 2 is 1.14 bits per heavy atom. The van der Waals surface area contributed by atoms with Crippen molar-refractivity contribution in [3.05, 3.63) is 23.8 Å². The first-order valence-electron chi connectivity index (χ1n) is 9.56. The van der Waals surface area contributed by atoms with Crippen LogP contribution < -0.4 is 9.47 Å². The van der Waals surface area contributed by atoms with Crippen LogP contribution in [0.4, 0.5) is 0 Å². The lowest BCUT2D eigenvalue weighted by atomic mass is 10.2. The van der Waals surface area contributed by atoms with E-state index in [-0.39, 0.29) is 6.61 Å². The van der Waals surface area contributed by atoms with E-state index in [0.717, 1.165) is 6.29 Å². The van der Waals surface area contributed by atoms with Gasteiger partial charge in [-0.3, -0.25) is 4.79 Å². The van der Waals surface area contributed by atoms with Crippen LogP contribution in [0.1, 0.15) is 10.4 Å². The molecule has 0 radical (unpaired) electrons. The first kappa shape index (κ1) is 25.3. The summed E-state index contributed by atoms with van der Waals surface area (Å²) in [4.78, 5) is 11.1. The number of hydrogen-bond donors (Lipinski definition) is 1. The molecule has 1 N–H and O–H groups in total. The molecule has 0 heterocycles. The molecule has 29 heavy (non-hydrogen) atoms. The Morgan fingerprint density at radius 3 is 1.59 bits per heavy atom. The molecule has 0 unspecified atom stereocenters. The van der Waals surface area contributed by atoms with Gasteiger partial charge in [-0.1, -0.05) is 0 Å². The van der Waals surface area contributed by atoms with Gasteiger partial charge < -0.3 is 38.3 Å². The lowest BCUT2D eigenvalue weighted by Crippen LogP contribution is -2.13. The van der Waals surface area contributed by atoms with E-state index in [4.69, 9.17) is 38.3 Å². The molecular weight excluding hydrogens is 384 g/mol. The summed E-state index contributed by atoms with van der Waals surface area (Å²) in [5.41, 5.74) is 0.461. The molecule has 0 aliphatic carbocycles. The highest BCUT2D eigenvalue weighted by Crippen LogP contribution is 2.22. The quantitative estimate of drug-likeness (QED) is 0.246. The first-order chi connectivity index (χ1) is 14.3. The number of aldehydes is 1. The maximum absolute atomic E-state index is 11.1. The summed E-state index contributed by atoms with van der Waals surface area (Å²) in [7, 11) is 1.62. The molecule has 0 bridgehead atoms. The monoisotopic (exact) mass is 416 g/mol. The van der Waals surface area contributed by atoms with Crippen LogP contribution >= 0.6 is 0 Å². The van der Waals surface area contributed by atoms with E-state index in [2.05, 4.69) is 0 Å². The lowest BCUT2D eigenvalue weighted by molar-refractivity contribution is 0.0179. The fourth-order valence-corrected chi connectivity index (χ4v) is 2.12. The number of benzene rings is 1. The fraction of sp³-hybridized carbons (Fsp3) is 0.650. The van der Waals surface area contributed by atoms with Crippen molar-refractivity contribution in [2.45, 2.75) is 0 Å². The first-order valence-corrected chi connectivity index (χ1v) is 9.56. The maximum Gasteiger partial charge on any atom is 0.150 e. The van der Waals surface area contributed by atoms with Crippen LogP contribution in [0.3, 0.4) is 0 Å². The second kappa shape index (κ2) is 18.3. The minimum absolute atomic E-state index is 0.00396. The van der Waals surface area contributed by atoms with E-state index in [9.17, 15) is 4.79 Å². The molecule has 0 aromatic heterocycles. The molecule has 0 aliphatic heterocycles. The molecule has 0 fully saturated rings. The SMILES string of the molecule is COCCOCCOCCOc1cc(C=O)cc(OCCOCCOCCO)c1. The van der Waals surface area contributed by atoms with E-state index < -0.39 is 0 Å². The van der Waals surface area contributed by atoms with Gasteiger partial charge in [0.05, 0.1) is 66.1 Å². The summed E-state index contributed by atoms with van der Waals surface area (Å²) < 4.78 is 37.3. The molecule has 0 saturated carbocycles. The highest BCUT2D eigenvalue weighted by Gasteiger charge is 2.04. The van der Waals surface area contributed by atoms with Crippen molar-refractivity contribution in [2.24, 2.45) is 0 Å². The zero-order valence-corrected chi connectivity index (χ0v) is 17.0. The average Bonchev–Trinajstić information content (AvgIpc) is 2.74. The lowest BCUT2D eigenvalue weighted by Gasteiger charge is -2.11. The molecule has 0 amide bonds. The Bertz CT molecular complexity index is 525. The number of methoxy groups -OCH3 is 1. The normalized spacial score (nSPS) is 10.8. The molecule has 0 atom stereocenters. The highest BCUT2D eigenvalue weighted by molar-refractivity contribution is 5.76. The van der Waals surface area contributed by atoms with Crippen LogP contribution in [0.2, 0.25) is 0 Å². The van der Waals surface area contributed by atoms with Gasteiger partial charge >= 0.3 is 0 Å². The Kier molecular flexibility index (Phi) is 15.9. The van der Waals surface area contributed by atoms with Gasteiger partial charge in [0.15, 0.2) is 0 Å². The predicted molar refractivity (Wildman–Crippen MR) is 105 cm³/mol. The Balaban J connectivity index is 2.20. The summed E-state index contributed by atoms with van der Waals surface area (Å²) in [5, 5.41) is 8.59. The van der Waals surface area contributed by atoms with Gasteiger partial charge in [0.25, 0.3) is 0 Å². The topological polar surface area (TPSA) is 102 Å². The number of ether oxygens (including phenoxy) is 7. The van der Waals surface area contributed by atoms with Crippen LogP contribution in [0, 0.1) is 0 Å². The van der Waals surface area contributed by atoms with Crippen LogP contribution in [0.25, 0.3) is 0 Å². The van der Waals surface area contributed by atoms with E-state index in [0.29, 0.717) is 89.7 Å². The third-order valence-corrected chi connectivity index (χ3v) is 3.44. The molecule has 0 aliphatic rings. The molecule has 1 aromatic carbocycles. The van der Waals surface area contributed by atoms with E-state index >= 15 is 0 Å². The Labute approximate surface area is 171 Å². The number of hydrogen-bond acceptors (Lipinski definition) is 9. The zero-order valence-electron chi connectivity index (χ0n) is 17.0. The van der Waals surface area contributed by atoms with Crippen molar-refractivity contribution in [1.29, 1.82) is 0 Å². The molecule has 9 nitrogen and oxygen atoms in total. The van der Waals surface area contributed by atoms with Crippen molar-refractivity contribution >= 4 is 6.29 Å². The van der Waals surface area contributed by atoms with Crippen molar-refractivity contribution < 1.29 is 43.1 Å². The van der Waals surface area contributed by atoms with Crippen LogP contribution in [-0.2, 0) is 23.7 Å². The molecule has 166 valence electrons. The fourth-order valence-electron chi connectivity index (χ4n) is 2.12. The van der Waals surface area contributed by atoms with Gasteiger partial charge in [0.1, 0.15) is 31.0 Å². The molecule has 1 aromatic rings. The van der Waals surface area contributed by atoms with Gasteiger partial charge in [0.2, 0.25) is 0 Å². The molecule has 0 saturated heterocycles. The predicted octanol–water partition coefficient (Wildman–Crippen LogP) is 0.962. The molecular formula is C20H32O9. The number of carbonyl (C=O) groups is 1. The average molecular weight is 416 g/mol. The summed E-state index contributed by atoms with van der Waals surface area (Å²) in [6.07, 6.45) is 0.739. The number of aliphatic hydroxyl groups excluding tert-OH is 1. The van der Waals surface area contributed by atoms with Gasteiger partial charge in [0, 0.05) is 18.7 Å². The van der Waals surface area contributed by atoms with Gasteiger partial charge in [-0.05, 0) is 12.1 Å². The number of rotatable bonds is 20. The maximum atomic E-state index is 11.1. The number of aliphatic hydroxyl groups is 1. The summed E-state index contributed by atoms with van der Waals surface area (Å²) in [6, 6.07) is 4.99. The Hall–Kier alpha value is -1.75. The summed E-state index contributed by atoms with van der Waals surface area (Å²) in [5.74, 6) is 1.06. The number of carbonyl (C=O) groups excluding carboxylic acids is 1. The van der Waals surface area contributed by atoms with E-state index in [1.54, 1.807) is 25.3 Å². The highest BCUT2D eigenvalue weighted by atomic mass is 16.6. The van der Waals surface area contributed by atoms with Gasteiger partial charge in [-0.2, -0.15) is 0 Å². The summed E-state index contributed by atoms with van der Waals surface area (Å²) >= 11 is 0. The molecule has 1 rings (SSSR count). The van der Waals surface area contributed by atoms with Crippen molar-refractivity contribution in [3.8, 4) is 11.5 Å². The van der Waals surface area contributed by atoms with Crippen LogP contribution in [0.15, 0.2) is 18.2 Å². The van der Waals surface area contributed by atoms with Crippen molar-refractivity contribution in [3.63, 3.8) is 0 Å². The molecule has 9 heteroatoms. The van der Waals surface area contributed by atoms with Gasteiger partial charge in [-0.15, -0.1) is 0 Å². The Morgan fingerprint density at radius 1 is 0.690 bits per heavy atom. The van der Waals surface area contributed by atoms with Crippen LogP contribution in [-0.4, -0.2) is 97.8 Å². The minimum Gasteiger partial charge on any atom is -0.491 e. The second-order valence-electron chi connectivity index (χ2n) is 5.72. The third-order valence-electron chi connectivity index (χ3n) is 3.44. The van der Waals surface area contributed by atoms with Gasteiger partial charge in [-0.25, -0.2) is 0 Å². The van der Waals surface area contributed by atoms with Crippen molar-refractivity contribution in [2.75, 3.05) is 86.4 Å². The largest absolute Gasteiger partial charge is 0.491 e. The smallest absolute Gasteiger partial charge is 0.150 e. The zero-order chi connectivity index (χ0) is 21.0. The second-order valence-corrected chi connectivity index (χ2v) is 5.72. The van der Waals surface area contributed by atoms with E-state index in [1.807, 2.05) is 0 Å². The molecule has 0 spiro atoms. The van der Waals surface area contributed by atoms with Crippen molar-refractivity contribution in [1.82, 2.24) is 0 Å². The standard InChI is InChI=1S/C20H32O9/c1-23-4-5-25-8-9-27-11-13-29-20-15-18(17-22)14-19(16-20)28-12-10-26-7-6-24-3-2-21/h14-17,21H,2-13H2,1H3. The van der Waals surface area contributed by atoms with Crippen LogP contribution in [0.5, 0.6) is 11.5 Å². The third kappa shape index (κ3) is 14.0. The van der Waals surface area contributed by atoms with E-state index in [1.165, 1.54) is 0 Å².